The van der Waals surface area contributed by atoms with Crippen LogP contribution in [-0.2, 0) is 5.41 Å². The van der Waals surface area contributed by atoms with Crippen molar-refractivity contribution in [2.24, 2.45) is 0 Å². The molecule has 3 nitrogen and oxygen atoms in total. The number of halogens is 1. The maximum atomic E-state index is 14.0. The summed E-state index contributed by atoms with van der Waals surface area (Å²) in [5, 5.41) is 18.8. The third-order valence-corrected chi connectivity index (χ3v) is 3.20. The lowest BCUT2D eigenvalue weighted by Crippen LogP contribution is -2.33. The zero-order valence-corrected chi connectivity index (χ0v) is 8.96. The summed E-state index contributed by atoms with van der Waals surface area (Å²) in [5.41, 5.74) is -0.788. The van der Waals surface area contributed by atoms with Crippen molar-refractivity contribution in [2.75, 3.05) is 7.11 Å². The van der Waals surface area contributed by atoms with Gasteiger partial charge in [-0.15, -0.1) is 0 Å². The van der Waals surface area contributed by atoms with E-state index >= 15 is 0 Å². The van der Waals surface area contributed by atoms with Gasteiger partial charge in [0.15, 0.2) is 11.6 Å². The Morgan fingerprint density at radius 3 is 2.62 bits per heavy atom. The second kappa shape index (κ2) is 3.67. The zero-order valence-electron chi connectivity index (χ0n) is 8.96. The van der Waals surface area contributed by atoms with E-state index in [-0.39, 0.29) is 17.1 Å². The van der Waals surface area contributed by atoms with Crippen molar-refractivity contribution in [3.05, 3.63) is 23.5 Å². The summed E-state index contributed by atoms with van der Waals surface area (Å²) in [6.07, 6.45) is 2.05. The standard InChI is InChI=1S/C12H12FNO2/c1-16-9-4-3-8(15)10(11(9)13)12(7-14)5-2-6-12/h3-4,15H,2,5-6H2,1H3. The van der Waals surface area contributed by atoms with Crippen molar-refractivity contribution < 1.29 is 14.2 Å². The highest BCUT2D eigenvalue weighted by Crippen LogP contribution is 2.48. The number of phenolic OH excluding ortho intramolecular Hbond substituents is 1. The predicted octanol–water partition coefficient (Wildman–Crippen LogP) is 2.49. The zero-order chi connectivity index (χ0) is 11.8. The maximum Gasteiger partial charge on any atom is 0.173 e. The van der Waals surface area contributed by atoms with Crippen molar-refractivity contribution >= 4 is 0 Å². The molecular formula is C12H12FNO2. The second-order valence-corrected chi connectivity index (χ2v) is 4.02. The molecule has 0 radical (unpaired) electrons. The minimum atomic E-state index is -0.872. The molecule has 0 aromatic heterocycles. The monoisotopic (exact) mass is 221 g/mol. The van der Waals surface area contributed by atoms with E-state index in [4.69, 9.17) is 10.00 Å². The molecule has 1 saturated carbocycles. The van der Waals surface area contributed by atoms with E-state index in [9.17, 15) is 9.50 Å². The third-order valence-electron chi connectivity index (χ3n) is 3.20. The number of ether oxygens (including phenoxy) is 1. The Labute approximate surface area is 93.1 Å². The number of methoxy groups -OCH3 is 1. The van der Waals surface area contributed by atoms with Gasteiger partial charge in [0, 0.05) is 0 Å². The van der Waals surface area contributed by atoms with E-state index in [1.165, 1.54) is 19.2 Å². The summed E-state index contributed by atoms with van der Waals surface area (Å²) < 4.78 is 18.9. The van der Waals surface area contributed by atoms with Crippen LogP contribution in [0.25, 0.3) is 0 Å². The van der Waals surface area contributed by atoms with Crippen LogP contribution in [0.5, 0.6) is 11.5 Å². The Kier molecular flexibility index (Phi) is 2.47. The number of hydrogen-bond acceptors (Lipinski definition) is 3. The largest absolute Gasteiger partial charge is 0.507 e. The highest BCUT2D eigenvalue weighted by molar-refractivity contribution is 5.50. The molecule has 2 rings (SSSR count). The van der Waals surface area contributed by atoms with Gasteiger partial charge in [-0.3, -0.25) is 0 Å². The molecule has 0 saturated heterocycles. The van der Waals surface area contributed by atoms with Gasteiger partial charge in [0.1, 0.15) is 5.75 Å². The fourth-order valence-electron chi connectivity index (χ4n) is 2.11. The van der Waals surface area contributed by atoms with E-state index in [0.29, 0.717) is 12.8 Å². The Balaban J connectivity index is 2.60. The molecule has 0 aliphatic heterocycles. The molecule has 0 amide bonds. The minimum absolute atomic E-state index is 0.0642. The van der Waals surface area contributed by atoms with Crippen molar-refractivity contribution in [1.29, 1.82) is 5.26 Å². The van der Waals surface area contributed by atoms with Gasteiger partial charge in [0.05, 0.1) is 24.2 Å². The lowest BCUT2D eigenvalue weighted by atomic mass is 9.65. The number of phenols is 1. The molecule has 0 unspecified atom stereocenters. The maximum absolute atomic E-state index is 14.0. The fourth-order valence-corrected chi connectivity index (χ4v) is 2.11. The van der Waals surface area contributed by atoms with Crippen LogP contribution in [0.15, 0.2) is 12.1 Å². The molecule has 1 aliphatic rings. The topological polar surface area (TPSA) is 53.2 Å². The normalized spacial score (nSPS) is 17.3. The smallest absolute Gasteiger partial charge is 0.173 e. The van der Waals surface area contributed by atoms with Crippen LogP contribution in [0.2, 0.25) is 0 Å². The number of benzene rings is 1. The van der Waals surface area contributed by atoms with Crippen LogP contribution in [0.3, 0.4) is 0 Å². The summed E-state index contributed by atoms with van der Waals surface area (Å²) in [7, 11) is 1.36. The van der Waals surface area contributed by atoms with Crippen LogP contribution in [0, 0.1) is 17.1 Å². The van der Waals surface area contributed by atoms with Gasteiger partial charge in [0.2, 0.25) is 0 Å². The van der Waals surface area contributed by atoms with Crippen LogP contribution < -0.4 is 4.74 Å². The van der Waals surface area contributed by atoms with E-state index in [1.54, 1.807) is 0 Å². The lowest BCUT2D eigenvalue weighted by Gasteiger charge is -2.36. The fraction of sp³-hybridized carbons (Fsp3) is 0.417. The Morgan fingerprint density at radius 1 is 1.50 bits per heavy atom. The summed E-state index contributed by atoms with van der Waals surface area (Å²) in [6.45, 7) is 0. The van der Waals surface area contributed by atoms with Crippen molar-refractivity contribution in [1.82, 2.24) is 0 Å². The number of aromatic hydroxyl groups is 1. The molecule has 0 spiro atoms. The highest BCUT2D eigenvalue weighted by Gasteiger charge is 2.43. The summed E-state index contributed by atoms with van der Waals surface area (Å²) in [6, 6.07) is 4.84. The van der Waals surface area contributed by atoms with E-state index in [2.05, 4.69) is 6.07 Å². The summed E-state index contributed by atoms with van der Waals surface area (Å²) >= 11 is 0. The van der Waals surface area contributed by atoms with Crippen molar-refractivity contribution in [2.45, 2.75) is 24.7 Å². The van der Waals surface area contributed by atoms with Gasteiger partial charge in [-0.05, 0) is 31.4 Å². The molecule has 4 heteroatoms. The summed E-state index contributed by atoms with van der Waals surface area (Å²) in [5.74, 6) is -0.724. The average Bonchev–Trinajstić information content (AvgIpc) is 2.22. The van der Waals surface area contributed by atoms with Gasteiger partial charge < -0.3 is 9.84 Å². The number of rotatable bonds is 2. The van der Waals surface area contributed by atoms with Crippen LogP contribution in [0.1, 0.15) is 24.8 Å². The molecule has 1 aliphatic carbocycles. The van der Waals surface area contributed by atoms with Crippen molar-refractivity contribution in [3.63, 3.8) is 0 Å². The quantitative estimate of drug-likeness (QED) is 0.834. The van der Waals surface area contributed by atoms with E-state index in [1.807, 2.05) is 0 Å². The third kappa shape index (κ3) is 1.32. The minimum Gasteiger partial charge on any atom is -0.507 e. The van der Waals surface area contributed by atoms with Crippen LogP contribution >= 0.6 is 0 Å². The summed E-state index contributed by atoms with van der Waals surface area (Å²) in [4.78, 5) is 0. The first kappa shape index (κ1) is 10.7. The highest BCUT2D eigenvalue weighted by atomic mass is 19.1. The molecule has 0 bridgehead atoms. The Bertz CT molecular complexity index is 461. The molecule has 1 aromatic rings. The van der Waals surface area contributed by atoms with Gasteiger partial charge in [0.25, 0.3) is 0 Å². The molecule has 0 atom stereocenters. The first-order valence-corrected chi connectivity index (χ1v) is 5.12. The van der Waals surface area contributed by atoms with Gasteiger partial charge in [-0.25, -0.2) is 4.39 Å². The molecule has 0 heterocycles. The van der Waals surface area contributed by atoms with Crippen LogP contribution in [-0.4, -0.2) is 12.2 Å². The molecule has 16 heavy (non-hydrogen) atoms. The molecule has 1 aromatic carbocycles. The SMILES string of the molecule is COc1ccc(O)c(C2(C#N)CCC2)c1F. The van der Waals surface area contributed by atoms with Crippen LogP contribution in [0.4, 0.5) is 4.39 Å². The van der Waals surface area contributed by atoms with Gasteiger partial charge in [-0.2, -0.15) is 5.26 Å². The van der Waals surface area contributed by atoms with Gasteiger partial charge in [-0.1, -0.05) is 0 Å². The average molecular weight is 221 g/mol. The number of nitriles is 1. The van der Waals surface area contributed by atoms with Gasteiger partial charge >= 0.3 is 0 Å². The molecule has 1 N–H and O–H groups in total. The van der Waals surface area contributed by atoms with Crippen molar-refractivity contribution in [3.8, 4) is 17.6 Å². The second-order valence-electron chi connectivity index (χ2n) is 4.02. The molecule has 84 valence electrons. The van der Waals surface area contributed by atoms with E-state index in [0.717, 1.165) is 6.42 Å². The van der Waals surface area contributed by atoms with E-state index < -0.39 is 11.2 Å². The Hall–Kier alpha value is -1.76. The first-order valence-electron chi connectivity index (χ1n) is 5.12. The number of hydrogen-bond donors (Lipinski definition) is 1. The molecular weight excluding hydrogens is 209 g/mol. The lowest BCUT2D eigenvalue weighted by molar-refractivity contribution is 0.292. The number of nitrogens with zero attached hydrogens (tertiary/aromatic N) is 1. The Morgan fingerprint density at radius 2 is 2.19 bits per heavy atom. The first-order chi connectivity index (χ1) is 7.64. The molecule has 1 fully saturated rings. The predicted molar refractivity (Wildman–Crippen MR) is 55.8 cm³/mol.